The summed E-state index contributed by atoms with van der Waals surface area (Å²) in [4.78, 5) is 0. The van der Waals surface area contributed by atoms with E-state index in [0.717, 1.165) is 13.0 Å². The number of ether oxygens (including phenoxy) is 1. The van der Waals surface area contributed by atoms with E-state index in [1.165, 1.54) is 263 Å². The molecule has 1 heteroatoms. The van der Waals surface area contributed by atoms with Crippen LogP contribution in [0.3, 0.4) is 0 Å². The van der Waals surface area contributed by atoms with Gasteiger partial charge in [-0.15, -0.1) is 0 Å². The topological polar surface area (TPSA) is 9.23 Å². The van der Waals surface area contributed by atoms with Crippen LogP contribution in [-0.2, 0) is 4.74 Å². The van der Waals surface area contributed by atoms with Crippen LogP contribution in [-0.4, -0.2) is 6.61 Å². The lowest BCUT2D eigenvalue weighted by atomic mass is 10.0. The summed E-state index contributed by atoms with van der Waals surface area (Å²) >= 11 is 0. The second kappa shape index (κ2) is 46.0. The molecule has 0 unspecified atom stereocenters. The molecule has 0 atom stereocenters. The molecule has 0 N–H and O–H groups in total. The Balaban J connectivity index is 3.03. The second-order valence-corrected chi connectivity index (χ2v) is 15.6. The number of rotatable bonds is 44. The van der Waals surface area contributed by atoms with Crippen molar-refractivity contribution in [2.24, 2.45) is 0 Å². The average molecular weight is 662 g/mol. The summed E-state index contributed by atoms with van der Waals surface area (Å²) in [7, 11) is 0. The normalized spacial score (nSPS) is 11.6. The minimum Gasteiger partial charge on any atom is -0.376 e. The van der Waals surface area contributed by atoms with Gasteiger partial charge in [-0.1, -0.05) is 271 Å². The van der Waals surface area contributed by atoms with Gasteiger partial charge in [-0.25, -0.2) is 0 Å². The fraction of sp³-hybridized carbons (Fsp3) is 0.978. The molecule has 0 rings (SSSR count). The molecule has 0 saturated carbocycles. The average Bonchev–Trinajstić information content (AvgIpc) is 3.08. The molecular formula is C46H93O. The number of hydrogen-bond donors (Lipinski definition) is 0. The van der Waals surface area contributed by atoms with Crippen LogP contribution in [0.4, 0.5) is 0 Å². The molecular weight excluding hydrogens is 569 g/mol. The summed E-state index contributed by atoms with van der Waals surface area (Å²) in [5, 5.41) is 0. The number of unbranched alkanes of at least 4 members (excludes halogenated alkanes) is 40. The van der Waals surface area contributed by atoms with Crippen LogP contribution in [0.25, 0.3) is 0 Å². The molecule has 0 aliphatic carbocycles. The van der Waals surface area contributed by atoms with Crippen LogP contribution in [0, 0.1) is 6.61 Å². The van der Waals surface area contributed by atoms with Crippen molar-refractivity contribution in [3.8, 4) is 0 Å². The van der Waals surface area contributed by atoms with Gasteiger partial charge in [0.25, 0.3) is 0 Å². The zero-order chi connectivity index (χ0) is 33.8. The maximum Gasteiger partial charge on any atom is 0.0836 e. The SMILES string of the molecule is CCCCCCCCCCCCCCCCCCCCCCC[CH]OCCCCCCCCCCCCCCCCCCCCCC. The van der Waals surface area contributed by atoms with E-state index in [9.17, 15) is 0 Å². The molecule has 283 valence electrons. The van der Waals surface area contributed by atoms with E-state index in [4.69, 9.17) is 4.74 Å². The first-order valence-corrected chi connectivity index (χ1v) is 22.8. The first-order chi connectivity index (χ1) is 23.4. The van der Waals surface area contributed by atoms with Crippen molar-refractivity contribution in [1.82, 2.24) is 0 Å². The molecule has 0 fully saturated rings. The van der Waals surface area contributed by atoms with Crippen molar-refractivity contribution >= 4 is 0 Å². The van der Waals surface area contributed by atoms with Gasteiger partial charge in [-0.05, 0) is 12.8 Å². The Bertz CT molecular complexity index is 457. The standard InChI is InChI=1S/C46H93O/c1-3-5-7-9-11-13-15-17-19-21-23-25-26-28-30-32-34-36-38-40-42-44-46-47-45-43-41-39-37-35-33-31-29-27-24-22-20-18-16-14-12-10-8-6-4-2/h46H,3-45H2,1-2H3. The first-order valence-electron chi connectivity index (χ1n) is 22.8. The summed E-state index contributed by atoms with van der Waals surface area (Å²) in [6, 6.07) is 0. The van der Waals surface area contributed by atoms with Gasteiger partial charge in [0.15, 0.2) is 0 Å². The molecule has 0 saturated heterocycles. The highest BCUT2D eigenvalue weighted by atomic mass is 16.5. The molecule has 0 aromatic carbocycles. The van der Waals surface area contributed by atoms with Gasteiger partial charge < -0.3 is 4.74 Å². The third-order valence-electron chi connectivity index (χ3n) is 10.7. The third kappa shape index (κ3) is 46.0. The lowest BCUT2D eigenvalue weighted by molar-refractivity contribution is 0.183. The van der Waals surface area contributed by atoms with E-state index < -0.39 is 0 Å². The van der Waals surface area contributed by atoms with Gasteiger partial charge in [0, 0.05) is 6.61 Å². The van der Waals surface area contributed by atoms with Crippen LogP contribution in [0.5, 0.6) is 0 Å². The van der Waals surface area contributed by atoms with Crippen molar-refractivity contribution in [1.29, 1.82) is 0 Å². The van der Waals surface area contributed by atoms with E-state index >= 15 is 0 Å². The Morgan fingerprint density at radius 2 is 0.426 bits per heavy atom. The van der Waals surface area contributed by atoms with Crippen molar-refractivity contribution in [2.45, 2.75) is 284 Å². The minimum atomic E-state index is 0.943. The third-order valence-corrected chi connectivity index (χ3v) is 10.7. The highest BCUT2D eigenvalue weighted by Gasteiger charge is 1.98. The zero-order valence-corrected chi connectivity index (χ0v) is 33.4. The van der Waals surface area contributed by atoms with Crippen molar-refractivity contribution in [3.05, 3.63) is 6.61 Å². The van der Waals surface area contributed by atoms with Crippen LogP contribution in [0.1, 0.15) is 284 Å². The monoisotopic (exact) mass is 662 g/mol. The van der Waals surface area contributed by atoms with Crippen LogP contribution >= 0.6 is 0 Å². The minimum absolute atomic E-state index is 0.943. The fourth-order valence-electron chi connectivity index (χ4n) is 7.27. The van der Waals surface area contributed by atoms with Crippen molar-refractivity contribution < 1.29 is 4.74 Å². The number of hydrogen-bond acceptors (Lipinski definition) is 1. The van der Waals surface area contributed by atoms with Gasteiger partial charge in [0.1, 0.15) is 0 Å². The van der Waals surface area contributed by atoms with E-state index in [1.807, 2.05) is 0 Å². The largest absolute Gasteiger partial charge is 0.376 e. The first kappa shape index (κ1) is 47.0. The molecule has 0 amide bonds. The Labute approximate surface area is 300 Å². The molecule has 0 heterocycles. The van der Waals surface area contributed by atoms with Crippen LogP contribution < -0.4 is 0 Å². The van der Waals surface area contributed by atoms with Gasteiger partial charge in [0.05, 0.1) is 6.61 Å². The molecule has 1 nitrogen and oxygen atoms in total. The lowest BCUT2D eigenvalue weighted by Crippen LogP contribution is -1.92. The van der Waals surface area contributed by atoms with Crippen molar-refractivity contribution in [2.75, 3.05) is 6.61 Å². The summed E-state index contributed by atoms with van der Waals surface area (Å²) in [6.07, 6.45) is 60.6. The molecule has 1 radical (unpaired) electrons. The van der Waals surface area contributed by atoms with E-state index in [-0.39, 0.29) is 0 Å². The quantitative estimate of drug-likeness (QED) is 0.0590. The fourth-order valence-corrected chi connectivity index (χ4v) is 7.27. The zero-order valence-electron chi connectivity index (χ0n) is 33.4. The lowest BCUT2D eigenvalue weighted by Gasteiger charge is -2.05. The van der Waals surface area contributed by atoms with E-state index in [2.05, 4.69) is 20.5 Å². The summed E-state index contributed by atoms with van der Waals surface area (Å²) in [5.41, 5.74) is 0. The molecule has 0 bridgehead atoms. The van der Waals surface area contributed by atoms with Gasteiger partial charge in [-0.2, -0.15) is 0 Å². The summed E-state index contributed by atoms with van der Waals surface area (Å²) < 4.78 is 5.79. The second-order valence-electron chi connectivity index (χ2n) is 15.6. The van der Waals surface area contributed by atoms with Crippen LogP contribution in [0.2, 0.25) is 0 Å². The predicted molar refractivity (Wildman–Crippen MR) is 216 cm³/mol. The van der Waals surface area contributed by atoms with Crippen LogP contribution in [0.15, 0.2) is 0 Å². The molecule has 0 aliphatic heterocycles. The maximum atomic E-state index is 5.79. The Morgan fingerprint density at radius 3 is 0.660 bits per heavy atom. The predicted octanol–water partition coefficient (Wildman–Crippen LogP) is 17.6. The Hall–Kier alpha value is -0.0400. The van der Waals surface area contributed by atoms with E-state index in [0.29, 0.717) is 0 Å². The van der Waals surface area contributed by atoms with Gasteiger partial charge >= 0.3 is 0 Å². The highest BCUT2D eigenvalue weighted by Crippen LogP contribution is 2.17. The summed E-state index contributed by atoms with van der Waals surface area (Å²) in [6.45, 7) is 7.66. The Kier molecular flexibility index (Phi) is 45.9. The molecule has 0 aromatic rings. The molecule has 47 heavy (non-hydrogen) atoms. The maximum absolute atomic E-state index is 5.79. The molecule has 0 spiro atoms. The van der Waals surface area contributed by atoms with Gasteiger partial charge in [0.2, 0.25) is 0 Å². The van der Waals surface area contributed by atoms with Crippen molar-refractivity contribution in [3.63, 3.8) is 0 Å². The highest BCUT2D eigenvalue weighted by molar-refractivity contribution is 4.55. The Morgan fingerprint density at radius 1 is 0.234 bits per heavy atom. The smallest absolute Gasteiger partial charge is 0.0836 e. The molecule has 0 aliphatic rings. The molecule has 0 aromatic heterocycles. The van der Waals surface area contributed by atoms with Gasteiger partial charge in [-0.3, -0.25) is 0 Å². The summed E-state index contributed by atoms with van der Waals surface area (Å²) in [5.74, 6) is 0. The van der Waals surface area contributed by atoms with E-state index in [1.54, 1.807) is 0 Å².